The van der Waals surface area contributed by atoms with Crippen LogP contribution in [0.5, 0.6) is 0 Å². The molecule has 0 aromatic carbocycles. The maximum atomic E-state index is 5.95. The molecule has 2 fully saturated rings. The number of piperazine rings is 1. The summed E-state index contributed by atoms with van der Waals surface area (Å²) >= 11 is 0. The molecule has 1 N–H and O–H groups in total. The summed E-state index contributed by atoms with van der Waals surface area (Å²) in [5.41, 5.74) is 0.111. The van der Waals surface area contributed by atoms with Crippen molar-refractivity contribution in [1.29, 1.82) is 0 Å². The smallest absolute Gasteiger partial charge is 0.0666 e. The molecule has 4 unspecified atom stereocenters. The van der Waals surface area contributed by atoms with Crippen LogP contribution in [0.3, 0.4) is 0 Å². The first kappa shape index (κ1) is 13.3. The van der Waals surface area contributed by atoms with Crippen molar-refractivity contribution >= 4 is 0 Å². The lowest BCUT2D eigenvalue weighted by Crippen LogP contribution is -2.59. The Morgan fingerprint density at radius 2 is 1.94 bits per heavy atom. The Bertz CT molecular complexity index is 249. The van der Waals surface area contributed by atoms with Crippen molar-refractivity contribution in [3.63, 3.8) is 0 Å². The van der Waals surface area contributed by atoms with Crippen molar-refractivity contribution in [1.82, 2.24) is 10.2 Å². The summed E-state index contributed by atoms with van der Waals surface area (Å²) in [7, 11) is 0. The molecule has 3 nitrogen and oxygen atoms in total. The molecule has 3 heteroatoms. The highest BCUT2D eigenvalue weighted by molar-refractivity contribution is 4.91. The molecule has 0 saturated carbocycles. The van der Waals surface area contributed by atoms with Gasteiger partial charge in [-0.05, 0) is 40.0 Å². The van der Waals surface area contributed by atoms with E-state index in [0.717, 1.165) is 19.1 Å². The highest BCUT2D eigenvalue weighted by atomic mass is 16.5. The van der Waals surface area contributed by atoms with Gasteiger partial charge in [-0.25, -0.2) is 0 Å². The fourth-order valence-corrected chi connectivity index (χ4v) is 3.33. The van der Waals surface area contributed by atoms with Crippen LogP contribution in [0.2, 0.25) is 0 Å². The minimum atomic E-state index is 0.111. The van der Waals surface area contributed by atoms with Gasteiger partial charge in [0.05, 0.1) is 5.60 Å². The average Bonchev–Trinajstić information content (AvgIpc) is 2.28. The molecule has 100 valence electrons. The zero-order valence-electron chi connectivity index (χ0n) is 11.8. The molecule has 0 aromatic heterocycles. The number of rotatable bonds is 2. The molecule has 2 aliphatic heterocycles. The molecule has 0 bridgehead atoms. The van der Waals surface area contributed by atoms with E-state index in [-0.39, 0.29) is 5.60 Å². The van der Waals surface area contributed by atoms with Gasteiger partial charge in [0, 0.05) is 37.8 Å². The fraction of sp³-hybridized carbons (Fsp3) is 1.00. The van der Waals surface area contributed by atoms with Gasteiger partial charge in [0.2, 0.25) is 0 Å². The normalized spacial score (nSPS) is 44.8. The summed E-state index contributed by atoms with van der Waals surface area (Å²) in [5, 5.41) is 3.61. The molecule has 2 rings (SSSR count). The van der Waals surface area contributed by atoms with Gasteiger partial charge in [-0.1, -0.05) is 6.92 Å². The van der Waals surface area contributed by atoms with E-state index >= 15 is 0 Å². The highest BCUT2D eigenvalue weighted by Gasteiger charge is 2.36. The Kier molecular flexibility index (Phi) is 4.11. The van der Waals surface area contributed by atoms with Crippen LogP contribution in [0.1, 0.15) is 47.0 Å². The first-order valence-corrected chi connectivity index (χ1v) is 7.16. The lowest BCUT2D eigenvalue weighted by atomic mass is 9.88. The molecule has 2 saturated heterocycles. The van der Waals surface area contributed by atoms with Crippen LogP contribution >= 0.6 is 0 Å². The first-order chi connectivity index (χ1) is 8.02. The Morgan fingerprint density at radius 3 is 2.53 bits per heavy atom. The van der Waals surface area contributed by atoms with Gasteiger partial charge in [-0.2, -0.15) is 0 Å². The predicted molar refractivity (Wildman–Crippen MR) is 71.3 cm³/mol. The molecule has 0 radical (unpaired) electrons. The third kappa shape index (κ3) is 3.21. The van der Waals surface area contributed by atoms with E-state index in [1.54, 1.807) is 0 Å². The van der Waals surface area contributed by atoms with Gasteiger partial charge in [-0.3, -0.25) is 4.90 Å². The lowest BCUT2D eigenvalue weighted by Gasteiger charge is -2.46. The number of hydrogen-bond acceptors (Lipinski definition) is 3. The minimum Gasteiger partial charge on any atom is -0.375 e. The predicted octanol–water partition coefficient (Wildman–Crippen LogP) is 2.02. The molecule has 2 aliphatic rings. The van der Waals surface area contributed by atoms with Gasteiger partial charge in [0.25, 0.3) is 0 Å². The van der Waals surface area contributed by atoms with E-state index in [9.17, 15) is 0 Å². The summed E-state index contributed by atoms with van der Waals surface area (Å²) in [6.07, 6.45) is 3.53. The monoisotopic (exact) mass is 240 g/mol. The van der Waals surface area contributed by atoms with E-state index < -0.39 is 0 Å². The van der Waals surface area contributed by atoms with Crippen molar-refractivity contribution in [2.24, 2.45) is 0 Å². The Labute approximate surface area is 106 Å². The number of nitrogens with one attached hydrogen (secondary N) is 1. The maximum Gasteiger partial charge on any atom is 0.0666 e. The second-order valence-corrected chi connectivity index (χ2v) is 6.22. The summed E-state index contributed by atoms with van der Waals surface area (Å²) in [6, 6.07) is 1.96. The minimum absolute atomic E-state index is 0.111. The van der Waals surface area contributed by atoms with Gasteiger partial charge in [0.1, 0.15) is 0 Å². The van der Waals surface area contributed by atoms with E-state index in [1.807, 2.05) is 0 Å². The van der Waals surface area contributed by atoms with Crippen molar-refractivity contribution in [3.05, 3.63) is 0 Å². The number of ether oxygens (including phenoxy) is 1. The van der Waals surface area contributed by atoms with E-state index in [1.165, 1.54) is 25.9 Å². The average molecular weight is 240 g/mol. The summed E-state index contributed by atoms with van der Waals surface area (Å²) < 4.78 is 5.95. The Morgan fingerprint density at radius 1 is 1.29 bits per heavy atom. The zero-order chi connectivity index (χ0) is 12.5. The van der Waals surface area contributed by atoms with Gasteiger partial charge < -0.3 is 10.1 Å². The standard InChI is InChI=1S/C14H28N2O/c1-5-14(4)8-13(6-7-17-14)16-9-11(2)15-12(3)10-16/h11-13,15H,5-10H2,1-4H3. The van der Waals surface area contributed by atoms with Gasteiger partial charge >= 0.3 is 0 Å². The summed E-state index contributed by atoms with van der Waals surface area (Å²) in [4.78, 5) is 2.68. The molecule has 0 aromatic rings. The molecule has 4 atom stereocenters. The van der Waals surface area contributed by atoms with Crippen LogP contribution in [0.15, 0.2) is 0 Å². The van der Waals surface area contributed by atoms with Crippen LogP contribution in [0, 0.1) is 0 Å². The topological polar surface area (TPSA) is 24.5 Å². The van der Waals surface area contributed by atoms with E-state index in [2.05, 4.69) is 37.9 Å². The van der Waals surface area contributed by atoms with Crippen molar-refractivity contribution < 1.29 is 4.74 Å². The Balaban J connectivity index is 1.97. The van der Waals surface area contributed by atoms with Gasteiger partial charge in [-0.15, -0.1) is 0 Å². The molecule has 0 amide bonds. The van der Waals surface area contributed by atoms with Crippen LogP contribution in [0.4, 0.5) is 0 Å². The molecule has 17 heavy (non-hydrogen) atoms. The first-order valence-electron chi connectivity index (χ1n) is 7.16. The van der Waals surface area contributed by atoms with Crippen molar-refractivity contribution in [3.8, 4) is 0 Å². The summed E-state index contributed by atoms with van der Waals surface area (Å²) in [5.74, 6) is 0. The van der Waals surface area contributed by atoms with Crippen LogP contribution in [-0.4, -0.2) is 48.3 Å². The molecule has 0 aliphatic carbocycles. The van der Waals surface area contributed by atoms with E-state index in [4.69, 9.17) is 4.74 Å². The maximum absolute atomic E-state index is 5.95. The fourth-order valence-electron chi connectivity index (χ4n) is 3.33. The Hall–Kier alpha value is -0.120. The zero-order valence-corrected chi connectivity index (χ0v) is 11.8. The quantitative estimate of drug-likeness (QED) is 0.799. The van der Waals surface area contributed by atoms with Crippen LogP contribution < -0.4 is 5.32 Å². The number of hydrogen-bond donors (Lipinski definition) is 1. The summed E-state index contributed by atoms with van der Waals surface area (Å²) in [6.45, 7) is 12.4. The van der Waals surface area contributed by atoms with Crippen molar-refractivity contribution in [2.75, 3.05) is 19.7 Å². The molecular formula is C14H28N2O. The molecule has 2 heterocycles. The SMILES string of the molecule is CCC1(C)CC(N2CC(C)NC(C)C2)CCO1. The number of nitrogens with zero attached hydrogens (tertiary/aromatic N) is 1. The van der Waals surface area contributed by atoms with Crippen LogP contribution in [0.25, 0.3) is 0 Å². The van der Waals surface area contributed by atoms with Gasteiger partial charge in [0.15, 0.2) is 0 Å². The third-order valence-electron chi connectivity index (χ3n) is 4.42. The third-order valence-corrected chi connectivity index (χ3v) is 4.42. The molecular weight excluding hydrogens is 212 g/mol. The largest absolute Gasteiger partial charge is 0.375 e. The van der Waals surface area contributed by atoms with Crippen molar-refractivity contribution in [2.45, 2.75) is 70.7 Å². The van der Waals surface area contributed by atoms with E-state index in [0.29, 0.717) is 12.1 Å². The second kappa shape index (κ2) is 5.25. The second-order valence-electron chi connectivity index (χ2n) is 6.22. The lowest BCUT2D eigenvalue weighted by molar-refractivity contribution is -0.100. The highest BCUT2D eigenvalue weighted by Crippen LogP contribution is 2.31. The van der Waals surface area contributed by atoms with Crippen LogP contribution in [-0.2, 0) is 4.74 Å². The molecule has 0 spiro atoms.